The van der Waals surface area contributed by atoms with Gasteiger partial charge in [0.25, 0.3) is 0 Å². The number of hydrogen-bond donors (Lipinski definition) is 3. The van der Waals surface area contributed by atoms with E-state index in [9.17, 15) is 9.59 Å². The maximum Gasteiger partial charge on any atom is 0.328 e. The predicted octanol–water partition coefficient (Wildman–Crippen LogP) is 2.91. The average molecular weight is 480 g/mol. The molecular weight excluding hydrogens is 458 g/mol. The number of aliphatic imine (C=N–C) groups is 1. The van der Waals surface area contributed by atoms with E-state index in [0.29, 0.717) is 17.2 Å². The number of carboxylic acid groups (broad SMARTS) is 2. The van der Waals surface area contributed by atoms with Crippen molar-refractivity contribution in [2.45, 2.75) is 0 Å². The van der Waals surface area contributed by atoms with Gasteiger partial charge in [-0.2, -0.15) is 0 Å². The molecule has 32 heavy (non-hydrogen) atoms. The van der Waals surface area contributed by atoms with Crippen molar-refractivity contribution in [2.24, 2.45) is 4.99 Å². The standard InChI is InChI=1S/C17H18ClN3O2S.C4H4O4/c18-12-1-2-15-14(9-12)19-17(13-10-24-11-16(13)23-15)21-5-3-20(4-6-21)7-8-22;5-3(6)1-2-4(7)8/h1-2,9-11,22H,3-8H2;1-2H,(H,5,6)(H,7,8). The number of hydrogen-bond acceptors (Lipinski definition) is 8. The number of rotatable bonds is 4. The minimum Gasteiger partial charge on any atom is -0.478 e. The van der Waals surface area contributed by atoms with Crippen molar-refractivity contribution >= 4 is 46.4 Å². The molecule has 1 saturated heterocycles. The molecule has 0 radical (unpaired) electrons. The van der Waals surface area contributed by atoms with Crippen LogP contribution >= 0.6 is 22.9 Å². The normalized spacial score (nSPS) is 15.6. The lowest BCUT2D eigenvalue weighted by molar-refractivity contribution is -0.134. The third-order valence-corrected chi connectivity index (χ3v) is 5.65. The SMILES string of the molecule is O=C(O)C=CC(=O)O.OCCN1CCN(C2=Nc3cc(Cl)ccc3Oc3cscc32)CC1. The Labute approximate surface area is 193 Å². The molecule has 11 heteroatoms. The van der Waals surface area contributed by atoms with Gasteiger partial charge in [0.1, 0.15) is 17.3 Å². The van der Waals surface area contributed by atoms with Gasteiger partial charge in [-0.15, -0.1) is 11.3 Å². The Morgan fingerprint density at radius 3 is 2.41 bits per heavy atom. The van der Waals surface area contributed by atoms with Crippen molar-refractivity contribution < 1.29 is 29.6 Å². The summed E-state index contributed by atoms with van der Waals surface area (Å²) in [7, 11) is 0. The van der Waals surface area contributed by atoms with Crippen molar-refractivity contribution in [3.05, 3.63) is 51.7 Å². The predicted molar refractivity (Wildman–Crippen MR) is 122 cm³/mol. The molecular formula is C21H22ClN3O6S. The fraction of sp³-hybridized carbons (Fsp3) is 0.286. The van der Waals surface area contributed by atoms with E-state index in [0.717, 1.165) is 61.3 Å². The highest BCUT2D eigenvalue weighted by atomic mass is 35.5. The van der Waals surface area contributed by atoms with Crippen LogP contribution in [0.1, 0.15) is 5.56 Å². The van der Waals surface area contributed by atoms with Crippen LogP contribution in [0.25, 0.3) is 0 Å². The van der Waals surface area contributed by atoms with Crippen LogP contribution in [0.3, 0.4) is 0 Å². The Kier molecular flexibility index (Phi) is 8.23. The first-order valence-electron chi connectivity index (χ1n) is 9.72. The molecule has 0 spiro atoms. The Morgan fingerprint density at radius 1 is 1.09 bits per heavy atom. The first-order valence-corrected chi connectivity index (χ1v) is 11.0. The highest BCUT2D eigenvalue weighted by Crippen LogP contribution is 2.41. The fourth-order valence-corrected chi connectivity index (χ4v) is 4.08. The number of benzene rings is 1. The van der Waals surface area contributed by atoms with Gasteiger partial charge < -0.3 is 25.0 Å². The van der Waals surface area contributed by atoms with Crippen molar-refractivity contribution in [1.29, 1.82) is 0 Å². The molecule has 170 valence electrons. The number of aliphatic carboxylic acids is 2. The maximum absolute atomic E-state index is 9.55. The summed E-state index contributed by atoms with van der Waals surface area (Å²) in [6, 6.07) is 5.53. The Bertz CT molecular complexity index is 1010. The quantitative estimate of drug-likeness (QED) is 0.572. The molecule has 2 aromatic rings. The number of carboxylic acids is 2. The molecule has 3 N–H and O–H groups in total. The minimum absolute atomic E-state index is 0.204. The highest BCUT2D eigenvalue weighted by Gasteiger charge is 2.26. The van der Waals surface area contributed by atoms with E-state index in [1.807, 2.05) is 23.6 Å². The molecule has 0 amide bonds. The van der Waals surface area contributed by atoms with Crippen molar-refractivity contribution in [3.63, 3.8) is 0 Å². The summed E-state index contributed by atoms with van der Waals surface area (Å²) in [6.45, 7) is 4.53. The van der Waals surface area contributed by atoms with Crippen LogP contribution in [0.4, 0.5) is 5.69 Å². The topological polar surface area (TPSA) is 123 Å². The average Bonchev–Trinajstić information content (AvgIpc) is 3.16. The highest BCUT2D eigenvalue weighted by molar-refractivity contribution is 7.08. The van der Waals surface area contributed by atoms with Crippen LogP contribution in [-0.2, 0) is 9.59 Å². The zero-order valence-corrected chi connectivity index (χ0v) is 18.6. The molecule has 1 aromatic carbocycles. The van der Waals surface area contributed by atoms with E-state index in [-0.39, 0.29) is 6.61 Å². The maximum atomic E-state index is 9.55. The number of fused-ring (bicyclic) bond motifs is 2. The zero-order valence-electron chi connectivity index (χ0n) is 17.0. The molecule has 0 bridgehead atoms. The summed E-state index contributed by atoms with van der Waals surface area (Å²) in [5.74, 6) is 0.00120. The number of thiophene rings is 1. The van der Waals surface area contributed by atoms with E-state index in [1.54, 1.807) is 11.3 Å². The van der Waals surface area contributed by atoms with Crippen molar-refractivity contribution in [1.82, 2.24) is 9.80 Å². The largest absolute Gasteiger partial charge is 0.478 e. The van der Waals surface area contributed by atoms with Crippen LogP contribution in [0.2, 0.25) is 5.02 Å². The van der Waals surface area contributed by atoms with Crippen LogP contribution in [0.5, 0.6) is 11.5 Å². The molecule has 9 nitrogen and oxygen atoms in total. The van der Waals surface area contributed by atoms with Gasteiger partial charge in [-0.1, -0.05) is 11.6 Å². The molecule has 0 saturated carbocycles. The molecule has 2 aliphatic rings. The van der Waals surface area contributed by atoms with Crippen LogP contribution in [0.15, 0.2) is 46.1 Å². The third-order valence-electron chi connectivity index (χ3n) is 4.69. The molecule has 0 atom stereocenters. The van der Waals surface area contributed by atoms with Gasteiger partial charge in [0.15, 0.2) is 5.75 Å². The Balaban J connectivity index is 0.000000312. The molecule has 0 unspecified atom stereocenters. The summed E-state index contributed by atoms with van der Waals surface area (Å²) in [6.07, 6.45) is 1.12. The van der Waals surface area contributed by atoms with E-state index < -0.39 is 11.9 Å². The monoisotopic (exact) mass is 479 g/mol. The number of carbonyl (C=O) groups is 2. The number of halogens is 1. The minimum atomic E-state index is -1.26. The lowest BCUT2D eigenvalue weighted by Crippen LogP contribution is -2.49. The van der Waals surface area contributed by atoms with Gasteiger partial charge in [0.2, 0.25) is 0 Å². The van der Waals surface area contributed by atoms with Gasteiger partial charge >= 0.3 is 11.9 Å². The summed E-state index contributed by atoms with van der Waals surface area (Å²) in [5, 5.41) is 29.5. The fourth-order valence-electron chi connectivity index (χ4n) is 3.19. The van der Waals surface area contributed by atoms with Crippen molar-refractivity contribution in [2.75, 3.05) is 39.3 Å². The second-order valence-electron chi connectivity index (χ2n) is 6.86. The van der Waals surface area contributed by atoms with Gasteiger partial charge in [-0.25, -0.2) is 14.6 Å². The lowest BCUT2D eigenvalue weighted by Gasteiger charge is -2.36. The number of amidine groups is 1. The van der Waals surface area contributed by atoms with Crippen LogP contribution in [0, 0.1) is 0 Å². The Morgan fingerprint density at radius 2 is 1.78 bits per heavy atom. The van der Waals surface area contributed by atoms with E-state index in [2.05, 4.69) is 15.2 Å². The smallest absolute Gasteiger partial charge is 0.328 e. The number of nitrogens with zero attached hydrogens (tertiary/aromatic N) is 3. The number of β-amino-alcohol motifs (C(OH)–C–C–N with tert-alkyl or cyclic N) is 1. The molecule has 4 rings (SSSR count). The van der Waals surface area contributed by atoms with Crippen LogP contribution in [-0.4, -0.2) is 82.2 Å². The number of ether oxygens (including phenoxy) is 1. The molecule has 1 fully saturated rings. The molecule has 3 heterocycles. The summed E-state index contributed by atoms with van der Waals surface area (Å²) >= 11 is 7.75. The number of aliphatic hydroxyl groups is 1. The Hall–Kier alpha value is -2.92. The van der Waals surface area contributed by atoms with Gasteiger partial charge in [0.05, 0.1) is 12.2 Å². The van der Waals surface area contributed by atoms with Gasteiger partial charge in [-0.3, -0.25) is 4.90 Å². The first kappa shape index (κ1) is 23.7. The van der Waals surface area contributed by atoms with E-state index >= 15 is 0 Å². The molecule has 1 aromatic heterocycles. The van der Waals surface area contributed by atoms with Gasteiger partial charge in [-0.05, 0) is 18.2 Å². The zero-order chi connectivity index (χ0) is 23.1. The first-order chi connectivity index (χ1) is 15.4. The van der Waals surface area contributed by atoms with E-state index in [4.69, 9.17) is 36.6 Å². The van der Waals surface area contributed by atoms with Crippen LogP contribution < -0.4 is 4.74 Å². The summed E-state index contributed by atoms with van der Waals surface area (Å²) in [5.41, 5.74) is 1.79. The third kappa shape index (κ3) is 6.30. The van der Waals surface area contributed by atoms with E-state index in [1.165, 1.54) is 0 Å². The second-order valence-corrected chi connectivity index (χ2v) is 8.04. The van der Waals surface area contributed by atoms with Crippen molar-refractivity contribution in [3.8, 4) is 11.5 Å². The molecule has 2 aliphatic heterocycles. The second kappa shape index (κ2) is 11.1. The number of piperazine rings is 1. The summed E-state index contributed by atoms with van der Waals surface area (Å²) in [4.78, 5) is 28.5. The molecule has 0 aliphatic carbocycles. The van der Waals surface area contributed by atoms with Gasteiger partial charge in [0, 0.05) is 60.7 Å². The summed E-state index contributed by atoms with van der Waals surface area (Å²) < 4.78 is 6.05. The number of aliphatic hydroxyl groups excluding tert-OH is 1. The lowest BCUT2D eigenvalue weighted by atomic mass is 10.2.